The summed E-state index contributed by atoms with van der Waals surface area (Å²) >= 11 is 0. The first-order valence-electron chi connectivity index (χ1n) is 4.63. The van der Waals surface area contributed by atoms with Gasteiger partial charge < -0.3 is 4.74 Å². The van der Waals surface area contributed by atoms with Crippen molar-refractivity contribution in [2.24, 2.45) is 0 Å². The number of aryl methyl sites for hydroxylation is 1. The van der Waals surface area contributed by atoms with Gasteiger partial charge >= 0.3 is 0 Å². The number of nitrogens with zero attached hydrogens (tertiary/aromatic N) is 2. The molecule has 0 radical (unpaired) electrons. The summed E-state index contributed by atoms with van der Waals surface area (Å²) in [5.41, 5.74) is 2.08. The Hall–Kier alpha value is -1.64. The van der Waals surface area contributed by atoms with Gasteiger partial charge in [-0.05, 0) is 30.2 Å². The normalized spacial score (nSPS) is 10.4. The van der Waals surface area contributed by atoms with E-state index in [1.807, 2.05) is 12.1 Å². The molecule has 1 aromatic carbocycles. The van der Waals surface area contributed by atoms with Crippen LogP contribution in [0.5, 0.6) is 5.75 Å². The van der Waals surface area contributed by atoms with Gasteiger partial charge in [-0.15, -0.1) is 5.10 Å². The first-order chi connectivity index (χ1) is 6.85. The summed E-state index contributed by atoms with van der Waals surface area (Å²) < 4.78 is 5.27. The van der Waals surface area contributed by atoms with E-state index in [0.29, 0.717) is 0 Å². The topological polar surface area (TPSA) is 35.0 Å². The molecule has 1 heterocycles. The van der Waals surface area contributed by atoms with Crippen LogP contribution < -0.4 is 4.74 Å². The van der Waals surface area contributed by atoms with Gasteiger partial charge in [0.15, 0.2) is 0 Å². The molecular formula is C11H12N2O. The zero-order chi connectivity index (χ0) is 9.97. The molecule has 0 aliphatic carbocycles. The predicted molar refractivity (Wildman–Crippen MR) is 55.5 cm³/mol. The summed E-state index contributed by atoms with van der Waals surface area (Å²) in [5, 5.41) is 8.98. The smallest absolute Gasteiger partial charge is 0.147 e. The Morgan fingerprint density at radius 2 is 2.21 bits per heavy atom. The van der Waals surface area contributed by atoms with Crippen LogP contribution in [0.15, 0.2) is 24.4 Å². The van der Waals surface area contributed by atoms with Gasteiger partial charge in [-0.2, -0.15) is 5.10 Å². The van der Waals surface area contributed by atoms with Crippen molar-refractivity contribution in [1.29, 1.82) is 0 Å². The SMILES string of the molecule is CCc1cc(OC)c2nnccc2c1. The molecule has 3 heteroatoms. The Balaban J connectivity index is 2.73. The predicted octanol–water partition coefficient (Wildman–Crippen LogP) is 2.20. The van der Waals surface area contributed by atoms with Gasteiger partial charge in [-0.3, -0.25) is 0 Å². The molecule has 3 nitrogen and oxygen atoms in total. The first-order valence-corrected chi connectivity index (χ1v) is 4.63. The highest BCUT2D eigenvalue weighted by Crippen LogP contribution is 2.24. The average molecular weight is 188 g/mol. The third-order valence-corrected chi connectivity index (χ3v) is 2.27. The van der Waals surface area contributed by atoms with Gasteiger partial charge in [0.25, 0.3) is 0 Å². The zero-order valence-electron chi connectivity index (χ0n) is 8.32. The van der Waals surface area contributed by atoms with Crippen LogP contribution in [0.3, 0.4) is 0 Å². The quantitative estimate of drug-likeness (QED) is 0.724. The van der Waals surface area contributed by atoms with Gasteiger partial charge in [-0.1, -0.05) is 6.92 Å². The van der Waals surface area contributed by atoms with Crippen molar-refractivity contribution in [3.8, 4) is 5.75 Å². The molecule has 0 aliphatic rings. The molecule has 0 unspecified atom stereocenters. The molecular weight excluding hydrogens is 176 g/mol. The highest BCUT2D eigenvalue weighted by atomic mass is 16.5. The van der Waals surface area contributed by atoms with Crippen LogP contribution in [0, 0.1) is 0 Å². The zero-order valence-corrected chi connectivity index (χ0v) is 8.32. The fourth-order valence-corrected chi connectivity index (χ4v) is 1.49. The lowest BCUT2D eigenvalue weighted by atomic mass is 10.1. The molecule has 0 fully saturated rings. The van der Waals surface area contributed by atoms with Crippen LogP contribution in [0.25, 0.3) is 10.9 Å². The van der Waals surface area contributed by atoms with E-state index < -0.39 is 0 Å². The Morgan fingerprint density at radius 1 is 1.36 bits per heavy atom. The van der Waals surface area contributed by atoms with Crippen molar-refractivity contribution in [3.63, 3.8) is 0 Å². The third-order valence-electron chi connectivity index (χ3n) is 2.27. The van der Waals surface area contributed by atoms with E-state index in [-0.39, 0.29) is 0 Å². The lowest BCUT2D eigenvalue weighted by Crippen LogP contribution is -1.91. The van der Waals surface area contributed by atoms with Crippen LogP contribution in [0.4, 0.5) is 0 Å². The highest BCUT2D eigenvalue weighted by molar-refractivity contribution is 5.84. The van der Waals surface area contributed by atoms with E-state index in [9.17, 15) is 0 Å². The fraction of sp³-hybridized carbons (Fsp3) is 0.273. The molecule has 0 bridgehead atoms. The average Bonchev–Trinajstić information content (AvgIpc) is 2.27. The summed E-state index contributed by atoms with van der Waals surface area (Å²) in [7, 11) is 1.66. The second-order valence-corrected chi connectivity index (χ2v) is 3.12. The molecule has 0 atom stereocenters. The molecule has 2 aromatic rings. The van der Waals surface area contributed by atoms with E-state index in [4.69, 9.17) is 4.74 Å². The summed E-state index contributed by atoms with van der Waals surface area (Å²) in [4.78, 5) is 0. The van der Waals surface area contributed by atoms with E-state index in [0.717, 1.165) is 23.1 Å². The second-order valence-electron chi connectivity index (χ2n) is 3.12. The number of hydrogen-bond donors (Lipinski definition) is 0. The summed E-state index contributed by atoms with van der Waals surface area (Å²) in [6, 6.07) is 6.08. The highest BCUT2D eigenvalue weighted by Gasteiger charge is 2.04. The Kier molecular flexibility index (Phi) is 2.31. The molecule has 72 valence electrons. The van der Waals surface area contributed by atoms with Gasteiger partial charge in [0.2, 0.25) is 0 Å². The Morgan fingerprint density at radius 3 is 2.93 bits per heavy atom. The van der Waals surface area contributed by atoms with E-state index in [1.165, 1.54) is 5.56 Å². The maximum absolute atomic E-state index is 5.27. The number of ether oxygens (including phenoxy) is 1. The minimum Gasteiger partial charge on any atom is -0.494 e. The molecule has 0 saturated carbocycles. The van der Waals surface area contributed by atoms with Crippen molar-refractivity contribution < 1.29 is 4.74 Å². The van der Waals surface area contributed by atoms with Gasteiger partial charge in [0.1, 0.15) is 11.3 Å². The molecule has 0 amide bonds. The number of benzene rings is 1. The van der Waals surface area contributed by atoms with E-state index in [1.54, 1.807) is 13.3 Å². The molecule has 1 aromatic heterocycles. The van der Waals surface area contributed by atoms with E-state index in [2.05, 4.69) is 23.2 Å². The molecule has 14 heavy (non-hydrogen) atoms. The monoisotopic (exact) mass is 188 g/mol. The van der Waals surface area contributed by atoms with Crippen molar-refractivity contribution in [3.05, 3.63) is 30.0 Å². The van der Waals surface area contributed by atoms with E-state index >= 15 is 0 Å². The lowest BCUT2D eigenvalue weighted by Gasteiger charge is -2.05. The van der Waals surface area contributed by atoms with Crippen molar-refractivity contribution in [2.75, 3.05) is 7.11 Å². The van der Waals surface area contributed by atoms with Gasteiger partial charge in [0.05, 0.1) is 13.3 Å². The number of aromatic nitrogens is 2. The molecule has 0 spiro atoms. The fourth-order valence-electron chi connectivity index (χ4n) is 1.49. The minimum atomic E-state index is 0.799. The van der Waals surface area contributed by atoms with Gasteiger partial charge in [0, 0.05) is 5.39 Å². The lowest BCUT2D eigenvalue weighted by molar-refractivity contribution is 0.418. The summed E-state index contributed by atoms with van der Waals surface area (Å²) in [6.07, 6.45) is 2.69. The van der Waals surface area contributed by atoms with Crippen LogP contribution in [-0.4, -0.2) is 17.3 Å². The first kappa shape index (κ1) is 8.94. The van der Waals surface area contributed by atoms with Crippen molar-refractivity contribution >= 4 is 10.9 Å². The Bertz CT molecular complexity index is 454. The maximum Gasteiger partial charge on any atom is 0.147 e. The van der Waals surface area contributed by atoms with Gasteiger partial charge in [-0.25, -0.2) is 0 Å². The summed E-state index contributed by atoms with van der Waals surface area (Å²) in [5.74, 6) is 0.799. The second kappa shape index (κ2) is 3.62. The largest absolute Gasteiger partial charge is 0.494 e. The summed E-state index contributed by atoms with van der Waals surface area (Å²) in [6.45, 7) is 2.12. The molecule has 0 N–H and O–H groups in total. The van der Waals surface area contributed by atoms with Crippen LogP contribution in [0.2, 0.25) is 0 Å². The molecule has 0 saturated heterocycles. The van der Waals surface area contributed by atoms with Crippen LogP contribution >= 0.6 is 0 Å². The third kappa shape index (κ3) is 1.41. The molecule has 0 aliphatic heterocycles. The van der Waals surface area contributed by atoms with Crippen LogP contribution in [0.1, 0.15) is 12.5 Å². The van der Waals surface area contributed by atoms with Crippen LogP contribution in [-0.2, 0) is 6.42 Å². The number of methoxy groups -OCH3 is 1. The number of hydrogen-bond acceptors (Lipinski definition) is 3. The Labute approximate surface area is 82.7 Å². The number of fused-ring (bicyclic) bond motifs is 1. The minimum absolute atomic E-state index is 0.799. The maximum atomic E-state index is 5.27. The molecule has 2 rings (SSSR count). The standard InChI is InChI=1S/C11H12N2O/c1-3-8-6-9-4-5-12-13-11(9)10(7-8)14-2/h4-7H,3H2,1-2H3. The number of rotatable bonds is 2. The van der Waals surface area contributed by atoms with Crippen molar-refractivity contribution in [2.45, 2.75) is 13.3 Å². The van der Waals surface area contributed by atoms with Crippen molar-refractivity contribution in [1.82, 2.24) is 10.2 Å².